The van der Waals surface area contributed by atoms with Gasteiger partial charge in [0.1, 0.15) is 11.6 Å². The van der Waals surface area contributed by atoms with E-state index < -0.39 is 0 Å². The third-order valence-corrected chi connectivity index (χ3v) is 12.0. The van der Waals surface area contributed by atoms with Crippen LogP contribution in [0.1, 0.15) is 116 Å². The van der Waals surface area contributed by atoms with Crippen LogP contribution in [0.5, 0.6) is 0 Å². The summed E-state index contributed by atoms with van der Waals surface area (Å²) < 4.78 is 4.57. The minimum atomic E-state index is -0.0492. The maximum atomic E-state index is 11.5. The molecule has 8 rings (SSSR count). The average molecular weight is 759 g/mol. The minimum absolute atomic E-state index is 0.0492. The Bertz CT molecular complexity index is 2740. The molecule has 0 aliphatic rings. The Labute approximate surface area is 344 Å². The first kappa shape index (κ1) is 38.8. The molecule has 2 aromatic heterocycles. The third kappa shape index (κ3) is 6.37. The molecule has 0 aliphatic carbocycles. The second-order valence-electron chi connectivity index (χ2n) is 20.3. The molecule has 0 amide bonds. The number of nitriles is 2. The lowest BCUT2D eigenvalue weighted by Gasteiger charge is -2.21. The normalized spacial score (nSPS) is 12.8. The van der Waals surface area contributed by atoms with E-state index in [2.05, 4.69) is 189 Å². The third-order valence-electron chi connectivity index (χ3n) is 12.0. The van der Waals surface area contributed by atoms with Gasteiger partial charge in [0.2, 0.25) is 0 Å². The molecule has 8 aromatic rings. The highest BCUT2D eigenvalue weighted by Crippen LogP contribution is 2.43. The second-order valence-corrected chi connectivity index (χ2v) is 20.3. The molecular formula is C54H54N4. The van der Waals surface area contributed by atoms with Crippen LogP contribution in [-0.4, -0.2) is 9.13 Å². The summed E-state index contributed by atoms with van der Waals surface area (Å²) >= 11 is 0. The summed E-state index contributed by atoms with van der Waals surface area (Å²) in [5.41, 5.74) is 13.4. The number of aromatic nitrogens is 2. The van der Waals surface area contributed by atoms with Crippen molar-refractivity contribution >= 4 is 43.6 Å². The van der Waals surface area contributed by atoms with E-state index in [0.717, 1.165) is 66.1 Å². The van der Waals surface area contributed by atoms with Crippen molar-refractivity contribution in [1.82, 2.24) is 9.13 Å². The van der Waals surface area contributed by atoms with Crippen LogP contribution in [-0.2, 0) is 21.7 Å². The van der Waals surface area contributed by atoms with Crippen molar-refractivity contribution in [3.63, 3.8) is 0 Å². The fourth-order valence-corrected chi connectivity index (χ4v) is 8.50. The molecule has 0 aliphatic heterocycles. The van der Waals surface area contributed by atoms with Gasteiger partial charge in [-0.3, -0.25) is 0 Å². The van der Waals surface area contributed by atoms with Gasteiger partial charge >= 0.3 is 0 Å². The summed E-state index contributed by atoms with van der Waals surface area (Å²) in [7, 11) is 0. The molecule has 6 aromatic carbocycles. The highest BCUT2D eigenvalue weighted by atomic mass is 15.0. The van der Waals surface area contributed by atoms with Gasteiger partial charge in [-0.15, -0.1) is 0 Å². The standard InChI is InChI=1S/C54H54N4/c1-51(2,3)35-17-21-45-40(27-35)41-28-36(52(4,5)6)18-22-46(41)57(45)49-25-34(39-16-14-13-15-33(39)31-55)26-50(44(49)32-56)58-47-23-19-37(53(7,8)9)29-42(47)43-30-38(54(10,11)12)20-24-48(43)58/h13-30H,1-12H3. The van der Waals surface area contributed by atoms with Crippen molar-refractivity contribution in [2.45, 2.75) is 105 Å². The van der Waals surface area contributed by atoms with Gasteiger partial charge in [-0.05, 0) is 122 Å². The predicted molar refractivity (Wildman–Crippen MR) is 245 cm³/mol. The topological polar surface area (TPSA) is 57.4 Å². The average Bonchev–Trinajstić information content (AvgIpc) is 3.67. The molecule has 0 saturated heterocycles. The molecule has 4 heteroatoms. The molecule has 0 spiro atoms. The Morgan fingerprint density at radius 3 is 1.02 bits per heavy atom. The molecule has 0 N–H and O–H groups in total. The van der Waals surface area contributed by atoms with Gasteiger partial charge in [0.25, 0.3) is 0 Å². The first-order valence-electron chi connectivity index (χ1n) is 20.5. The largest absolute Gasteiger partial charge is 0.308 e. The zero-order valence-electron chi connectivity index (χ0n) is 36.2. The van der Waals surface area contributed by atoms with Crippen molar-refractivity contribution in [3.05, 3.63) is 143 Å². The number of hydrogen-bond donors (Lipinski definition) is 0. The summed E-state index contributed by atoms with van der Waals surface area (Å²) in [5.74, 6) is 0. The van der Waals surface area contributed by atoms with Crippen LogP contribution >= 0.6 is 0 Å². The molecule has 290 valence electrons. The van der Waals surface area contributed by atoms with E-state index in [1.807, 2.05) is 24.3 Å². The van der Waals surface area contributed by atoms with Gasteiger partial charge in [0.05, 0.1) is 45.1 Å². The van der Waals surface area contributed by atoms with Crippen LogP contribution in [0.15, 0.2) is 109 Å². The Balaban J connectivity index is 1.56. The molecule has 0 fully saturated rings. The van der Waals surface area contributed by atoms with Gasteiger partial charge in [0, 0.05) is 21.5 Å². The van der Waals surface area contributed by atoms with E-state index in [9.17, 15) is 10.5 Å². The molecule has 58 heavy (non-hydrogen) atoms. The van der Waals surface area contributed by atoms with Gasteiger partial charge in [0.15, 0.2) is 0 Å². The number of hydrogen-bond acceptors (Lipinski definition) is 2. The number of benzene rings is 6. The number of rotatable bonds is 3. The van der Waals surface area contributed by atoms with E-state index in [0.29, 0.717) is 11.1 Å². The van der Waals surface area contributed by atoms with Gasteiger partial charge in [-0.25, -0.2) is 0 Å². The number of nitrogens with zero attached hydrogens (tertiary/aromatic N) is 4. The quantitative estimate of drug-likeness (QED) is 0.180. The molecule has 0 atom stereocenters. The molecule has 2 heterocycles. The highest BCUT2D eigenvalue weighted by molar-refractivity contribution is 6.12. The molecule has 4 nitrogen and oxygen atoms in total. The van der Waals surface area contributed by atoms with Crippen LogP contribution in [0.4, 0.5) is 0 Å². The van der Waals surface area contributed by atoms with Crippen LogP contribution in [0.3, 0.4) is 0 Å². The fourth-order valence-electron chi connectivity index (χ4n) is 8.50. The van der Waals surface area contributed by atoms with Crippen LogP contribution in [0.2, 0.25) is 0 Å². The van der Waals surface area contributed by atoms with Crippen molar-refractivity contribution in [3.8, 4) is 34.6 Å². The van der Waals surface area contributed by atoms with E-state index in [1.54, 1.807) is 0 Å². The van der Waals surface area contributed by atoms with Gasteiger partial charge in [-0.2, -0.15) is 10.5 Å². The zero-order valence-corrected chi connectivity index (χ0v) is 36.2. The van der Waals surface area contributed by atoms with Crippen molar-refractivity contribution < 1.29 is 0 Å². The Morgan fingerprint density at radius 2 is 0.724 bits per heavy atom. The monoisotopic (exact) mass is 758 g/mol. The Morgan fingerprint density at radius 1 is 0.397 bits per heavy atom. The van der Waals surface area contributed by atoms with Gasteiger partial charge in [-0.1, -0.05) is 126 Å². The van der Waals surface area contributed by atoms with Crippen molar-refractivity contribution in [1.29, 1.82) is 10.5 Å². The fraction of sp³-hybridized carbons (Fsp3) is 0.296. The van der Waals surface area contributed by atoms with E-state index >= 15 is 0 Å². The number of fused-ring (bicyclic) bond motifs is 6. The first-order chi connectivity index (χ1) is 27.2. The predicted octanol–water partition coefficient (Wildman–Crippen LogP) is 14.5. The summed E-state index contributed by atoms with van der Waals surface area (Å²) in [6, 6.07) is 44.4. The lowest BCUT2D eigenvalue weighted by Crippen LogP contribution is -2.11. The zero-order chi connectivity index (χ0) is 41.7. The van der Waals surface area contributed by atoms with E-state index in [1.165, 1.54) is 22.3 Å². The lowest BCUT2D eigenvalue weighted by atomic mass is 9.85. The van der Waals surface area contributed by atoms with Crippen molar-refractivity contribution in [2.75, 3.05) is 0 Å². The lowest BCUT2D eigenvalue weighted by molar-refractivity contribution is 0.590. The molecular weight excluding hydrogens is 705 g/mol. The second kappa shape index (κ2) is 13.2. The molecule has 0 unspecified atom stereocenters. The smallest absolute Gasteiger partial charge is 0.104 e. The van der Waals surface area contributed by atoms with E-state index in [-0.39, 0.29) is 21.7 Å². The Hall–Kier alpha value is -6.10. The highest BCUT2D eigenvalue weighted by Gasteiger charge is 2.27. The van der Waals surface area contributed by atoms with Crippen LogP contribution in [0, 0.1) is 22.7 Å². The first-order valence-corrected chi connectivity index (χ1v) is 20.5. The van der Waals surface area contributed by atoms with E-state index in [4.69, 9.17) is 0 Å². The summed E-state index contributed by atoms with van der Waals surface area (Å²) in [5, 5.41) is 26.6. The Kier molecular flexibility index (Phi) is 8.84. The SMILES string of the molecule is CC(C)(C)c1ccc2c(c1)c1cc(C(C)(C)C)ccc1n2-c1cc(-c2ccccc2C#N)cc(-n2c3ccc(C(C)(C)C)cc3c3cc(C(C)(C)C)ccc32)c1C#N. The molecule has 0 radical (unpaired) electrons. The minimum Gasteiger partial charge on any atom is -0.308 e. The van der Waals surface area contributed by atoms with Crippen LogP contribution in [0.25, 0.3) is 66.1 Å². The summed E-state index contributed by atoms with van der Waals surface area (Å²) in [4.78, 5) is 0. The summed E-state index contributed by atoms with van der Waals surface area (Å²) in [6.07, 6.45) is 0. The molecule has 0 saturated carbocycles. The molecule has 0 bridgehead atoms. The maximum Gasteiger partial charge on any atom is 0.104 e. The van der Waals surface area contributed by atoms with Crippen LogP contribution < -0.4 is 0 Å². The summed E-state index contributed by atoms with van der Waals surface area (Å²) in [6.45, 7) is 27.1. The maximum absolute atomic E-state index is 11.5. The van der Waals surface area contributed by atoms with Gasteiger partial charge < -0.3 is 9.13 Å². The van der Waals surface area contributed by atoms with Crippen molar-refractivity contribution in [2.24, 2.45) is 0 Å².